The maximum atomic E-state index is 12.2. The summed E-state index contributed by atoms with van der Waals surface area (Å²) in [5, 5.41) is 0. The summed E-state index contributed by atoms with van der Waals surface area (Å²) < 4.78 is 5.66. The summed E-state index contributed by atoms with van der Waals surface area (Å²) in [7, 11) is 0. The van der Waals surface area contributed by atoms with E-state index >= 15 is 0 Å². The summed E-state index contributed by atoms with van der Waals surface area (Å²) >= 11 is 0. The van der Waals surface area contributed by atoms with Crippen LogP contribution in [0.1, 0.15) is 48.5 Å². The van der Waals surface area contributed by atoms with E-state index in [-0.39, 0.29) is 5.78 Å². The van der Waals surface area contributed by atoms with Crippen molar-refractivity contribution in [1.82, 2.24) is 9.97 Å². The number of nitrogens with zero attached hydrogens (tertiary/aromatic N) is 2. The fourth-order valence-electron chi connectivity index (χ4n) is 2.00. The van der Waals surface area contributed by atoms with Crippen molar-refractivity contribution in [3.05, 3.63) is 54.1 Å². The van der Waals surface area contributed by atoms with Crippen molar-refractivity contribution in [3.63, 3.8) is 0 Å². The first-order chi connectivity index (χ1) is 10.3. The van der Waals surface area contributed by atoms with Crippen LogP contribution in [0, 0.1) is 0 Å². The molecule has 0 aliphatic heterocycles. The van der Waals surface area contributed by atoms with Crippen LogP contribution in [0.4, 0.5) is 0 Å². The second-order valence-corrected chi connectivity index (χ2v) is 4.89. The van der Waals surface area contributed by atoms with Gasteiger partial charge in [0.15, 0.2) is 5.78 Å². The molecule has 4 heteroatoms. The Labute approximate surface area is 125 Å². The number of benzene rings is 1. The molecule has 0 atom stereocenters. The Kier molecular flexibility index (Phi) is 5.88. The number of ether oxygens (including phenoxy) is 1. The van der Waals surface area contributed by atoms with Gasteiger partial charge in [0.2, 0.25) is 0 Å². The van der Waals surface area contributed by atoms with E-state index in [9.17, 15) is 4.79 Å². The van der Waals surface area contributed by atoms with Gasteiger partial charge in [-0.05, 0) is 30.7 Å². The monoisotopic (exact) mass is 284 g/mol. The van der Waals surface area contributed by atoms with Crippen LogP contribution in [0.15, 0.2) is 43.0 Å². The standard InChI is InChI=1S/C17H20N2O2/c1-2-3-4-5-10-21-16-8-6-14(7-9-16)17(20)15-11-18-13-19-12-15/h6-9,11-13H,2-5,10H2,1H3. The van der Waals surface area contributed by atoms with Crippen LogP contribution in [0.2, 0.25) is 0 Å². The van der Waals surface area contributed by atoms with Gasteiger partial charge in [0.05, 0.1) is 12.2 Å². The number of ketones is 1. The second kappa shape index (κ2) is 8.15. The summed E-state index contributed by atoms with van der Waals surface area (Å²) in [6.45, 7) is 2.91. The van der Waals surface area contributed by atoms with E-state index < -0.39 is 0 Å². The normalized spacial score (nSPS) is 10.3. The Bertz CT molecular complexity index is 553. The Morgan fingerprint density at radius 3 is 2.38 bits per heavy atom. The number of rotatable bonds is 8. The average Bonchev–Trinajstić information content (AvgIpc) is 2.55. The van der Waals surface area contributed by atoms with Crippen LogP contribution in [0.5, 0.6) is 5.75 Å². The third-order valence-corrected chi connectivity index (χ3v) is 3.21. The molecular weight excluding hydrogens is 264 g/mol. The number of hydrogen-bond donors (Lipinski definition) is 0. The number of carbonyl (C=O) groups is 1. The molecule has 1 heterocycles. The summed E-state index contributed by atoms with van der Waals surface area (Å²) in [6, 6.07) is 7.21. The van der Waals surface area contributed by atoms with Crippen LogP contribution in [-0.2, 0) is 0 Å². The van der Waals surface area contributed by atoms with Gasteiger partial charge in [-0.25, -0.2) is 9.97 Å². The lowest BCUT2D eigenvalue weighted by Gasteiger charge is -2.06. The van der Waals surface area contributed by atoms with E-state index in [1.54, 1.807) is 12.1 Å². The first-order valence-corrected chi connectivity index (χ1v) is 7.34. The van der Waals surface area contributed by atoms with Gasteiger partial charge in [0.25, 0.3) is 0 Å². The molecule has 0 radical (unpaired) electrons. The van der Waals surface area contributed by atoms with Gasteiger partial charge in [-0.1, -0.05) is 26.2 Å². The third-order valence-electron chi connectivity index (χ3n) is 3.21. The SMILES string of the molecule is CCCCCCOc1ccc(C(=O)c2cncnc2)cc1. The van der Waals surface area contributed by atoms with E-state index in [1.165, 1.54) is 38.0 Å². The Balaban J connectivity index is 1.88. The minimum absolute atomic E-state index is 0.0786. The van der Waals surface area contributed by atoms with Crippen molar-refractivity contribution in [3.8, 4) is 5.75 Å². The van der Waals surface area contributed by atoms with E-state index in [1.807, 2.05) is 12.1 Å². The van der Waals surface area contributed by atoms with E-state index in [0.717, 1.165) is 18.8 Å². The zero-order valence-electron chi connectivity index (χ0n) is 12.3. The number of unbranched alkanes of at least 4 members (excludes halogenated alkanes) is 3. The Morgan fingerprint density at radius 1 is 1.00 bits per heavy atom. The van der Waals surface area contributed by atoms with Crippen LogP contribution < -0.4 is 4.74 Å². The number of aromatic nitrogens is 2. The highest BCUT2D eigenvalue weighted by Gasteiger charge is 2.09. The van der Waals surface area contributed by atoms with Crippen LogP contribution in [0.3, 0.4) is 0 Å². The molecule has 0 amide bonds. The first-order valence-electron chi connectivity index (χ1n) is 7.34. The van der Waals surface area contributed by atoms with Gasteiger partial charge in [-0.15, -0.1) is 0 Å². The molecule has 1 aromatic heterocycles. The van der Waals surface area contributed by atoms with Crippen molar-refractivity contribution in [2.75, 3.05) is 6.61 Å². The van der Waals surface area contributed by atoms with Gasteiger partial charge in [-0.3, -0.25) is 4.79 Å². The molecule has 21 heavy (non-hydrogen) atoms. The maximum absolute atomic E-state index is 12.2. The molecule has 0 bridgehead atoms. The minimum atomic E-state index is -0.0786. The average molecular weight is 284 g/mol. The van der Waals surface area contributed by atoms with Crippen molar-refractivity contribution in [2.24, 2.45) is 0 Å². The quantitative estimate of drug-likeness (QED) is 0.548. The molecule has 2 aromatic rings. The van der Waals surface area contributed by atoms with Gasteiger partial charge in [0.1, 0.15) is 12.1 Å². The molecule has 0 spiro atoms. The highest BCUT2D eigenvalue weighted by Crippen LogP contribution is 2.15. The number of hydrogen-bond acceptors (Lipinski definition) is 4. The van der Waals surface area contributed by atoms with Gasteiger partial charge < -0.3 is 4.74 Å². The zero-order chi connectivity index (χ0) is 14.9. The smallest absolute Gasteiger partial charge is 0.196 e. The summed E-state index contributed by atoms with van der Waals surface area (Å²) in [5.74, 6) is 0.720. The lowest BCUT2D eigenvalue weighted by atomic mass is 10.1. The van der Waals surface area contributed by atoms with Crippen LogP contribution in [-0.4, -0.2) is 22.4 Å². The highest BCUT2D eigenvalue weighted by atomic mass is 16.5. The topological polar surface area (TPSA) is 52.1 Å². The summed E-state index contributed by atoms with van der Waals surface area (Å²) in [6.07, 6.45) is 9.18. The largest absolute Gasteiger partial charge is 0.494 e. The van der Waals surface area contributed by atoms with Crippen molar-refractivity contribution in [2.45, 2.75) is 32.6 Å². The molecule has 1 aromatic carbocycles. The molecule has 0 saturated heterocycles. The molecule has 0 saturated carbocycles. The Morgan fingerprint density at radius 2 is 1.71 bits per heavy atom. The zero-order valence-corrected chi connectivity index (χ0v) is 12.3. The molecule has 0 fully saturated rings. The van der Waals surface area contributed by atoms with Crippen molar-refractivity contribution < 1.29 is 9.53 Å². The van der Waals surface area contributed by atoms with E-state index in [0.29, 0.717) is 11.1 Å². The Hall–Kier alpha value is -2.23. The fraction of sp³-hybridized carbons (Fsp3) is 0.353. The minimum Gasteiger partial charge on any atom is -0.494 e. The number of carbonyl (C=O) groups excluding carboxylic acids is 1. The van der Waals surface area contributed by atoms with Gasteiger partial charge >= 0.3 is 0 Å². The second-order valence-electron chi connectivity index (χ2n) is 4.89. The predicted molar refractivity (Wildman–Crippen MR) is 81.5 cm³/mol. The maximum Gasteiger partial charge on any atom is 0.196 e. The predicted octanol–water partition coefficient (Wildman–Crippen LogP) is 3.67. The van der Waals surface area contributed by atoms with Gasteiger partial charge in [0, 0.05) is 18.0 Å². The van der Waals surface area contributed by atoms with Crippen LogP contribution in [0.25, 0.3) is 0 Å². The molecule has 2 rings (SSSR count). The molecular formula is C17H20N2O2. The fourth-order valence-corrected chi connectivity index (χ4v) is 2.00. The highest BCUT2D eigenvalue weighted by molar-refractivity contribution is 6.08. The molecule has 110 valence electrons. The summed E-state index contributed by atoms with van der Waals surface area (Å²) in [4.78, 5) is 19.9. The first kappa shape index (κ1) is 15.2. The van der Waals surface area contributed by atoms with Crippen molar-refractivity contribution >= 4 is 5.78 Å². The van der Waals surface area contributed by atoms with Gasteiger partial charge in [-0.2, -0.15) is 0 Å². The molecule has 0 unspecified atom stereocenters. The molecule has 0 N–H and O–H groups in total. The lowest BCUT2D eigenvalue weighted by Crippen LogP contribution is -2.03. The van der Waals surface area contributed by atoms with Crippen molar-refractivity contribution in [1.29, 1.82) is 0 Å². The van der Waals surface area contributed by atoms with Crippen LogP contribution >= 0.6 is 0 Å². The molecule has 0 aliphatic carbocycles. The van der Waals surface area contributed by atoms with E-state index in [4.69, 9.17) is 4.74 Å². The molecule has 0 aliphatic rings. The summed E-state index contributed by atoms with van der Waals surface area (Å²) in [5.41, 5.74) is 1.11. The van der Waals surface area contributed by atoms with E-state index in [2.05, 4.69) is 16.9 Å². The lowest BCUT2D eigenvalue weighted by molar-refractivity contribution is 0.103. The molecule has 4 nitrogen and oxygen atoms in total. The third kappa shape index (κ3) is 4.67.